The summed E-state index contributed by atoms with van der Waals surface area (Å²) in [6.07, 6.45) is 8.22. The number of hydrogen-bond acceptors (Lipinski definition) is 0. The molecule has 0 nitrogen and oxygen atoms in total. The zero-order valence-electron chi connectivity index (χ0n) is 8.42. The zero-order chi connectivity index (χ0) is 10.2. The van der Waals surface area contributed by atoms with E-state index in [4.69, 9.17) is 11.6 Å². The lowest BCUT2D eigenvalue weighted by atomic mass is 10.1. The van der Waals surface area contributed by atoms with Crippen molar-refractivity contribution in [3.05, 3.63) is 46.4 Å². The van der Waals surface area contributed by atoms with Crippen molar-refractivity contribution in [3.8, 4) is 0 Å². The molecule has 0 N–H and O–H groups in total. The van der Waals surface area contributed by atoms with Gasteiger partial charge in [0.2, 0.25) is 0 Å². The molecular formula is C13H13Cl. The molecule has 0 heterocycles. The normalized spacial score (nSPS) is 24.5. The summed E-state index contributed by atoms with van der Waals surface area (Å²) >= 11 is 6.28. The quantitative estimate of drug-likeness (QED) is 0.568. The summed E-state index contributed by atoms with van der Waals surface area (Å²) in [6, 6.07) is 6.41. The third kappa shape index (κ3) is 1.91. The lowest BCUT2D eigenvalue weighted by molar-refractivity contribution is 1.05. The van der Waals surface area contributed by atoms with Gasteiger partial charge < -0.3 is 0 Å². The monoisotopic (exact) mass is 204 g/mol. The highest BCUT2D eigenvalue weighted by atomic mass is 35.5. The van der Waals surface area contributed by atoms with E-state index in [1.54, 1.807) is 0 Å². The van der Waals surface area contributed by atoms with Gasteiger partial charge in [-0.15, -0.1) is 11.6 Å². The molecule has 0 aromatic heterocycles. The fourth-order valence-corrected chi connectivity index (χ4v) is 1.85. The number of fused-ring (bicyclic) bond motifs is 1. The maximum absolute atomic E-state index is 6.28. The molecule has 1 aliphatic rings. The Morgan fingerprint density at radius 2 is 2.00 bits per heavy atom. The molecule has 1 unspecified atom stereocenters. The highest BCUT2D eigenvalue weighted by molar-refractivity contribution is 6.28. The van der Waals surface area contributed by atoms with Gasteiger partial charge in [0.1, 0.15) is 0 Å². The predicted octanol–water partition coefficient (Wildman–Crippen LogP) is 2.12. The fourth-order valence-electron chi connectivity index (χ4n) is 1.66. The smallest absolute Gasteiger partial charge is 0.0790 e. The van der Waals surface area contributed by atoms with Crippen LogP contribution in [0.1, 0.15) is 12.5 Å². The predicted molar refractivity (Wildman–Crippen MR) is 62.8 cm³/mol. The van der Waals surface area contributed by atoms with Crippen molar-refractivity contribution >= 4 is 23.8 Å². The number of alkyl halides is 1. The van der Waals surface area contributed by atoms with Crippen molar-refractivity contribution < 1.29 is 0 Å². The Bertz CT molecular complexity index is 492. The second-order valence-electron chi connectivity index (χ2n) is 3.95. The molecule has 0 saturated heterocycles. The lowest BCUT2D eigenvalue weighted by Crippen LogP contribution is -2.26. The van der Waals surface area contributed by atoms with E-state index in [9.17, 15) is 0 Å². The van der Waals surface area contributed by atoms with Crippen LogP contribution >= 0.6 is 11.6 Å². The topological polar surface area (TPSA) is 0 Å². The van der Waals surface area contributed by atoms with Gasteiger partial charge in [0.15, 0.2) is 0 Å². The molecule has 0 spiro atoms. The van der Waals surface area contributed by atoms with Crippen LogP contribution in [0.25, 0.3) is 12.2 Å². The Labute approximate surface area is 89.2 Å². The van der Waals surface area contributed by atoms with Crippen LogP contribution in [-0.4, -0.2) is 4.87 Å². The van der Waals surface area contributed by atoms with Crippen molar-refractivity contribution in [2.45, 2.75) is 18.7 Å². The maximum atomic E-state index is 6.28. The molecule has 14 heavy (non-hydrogen) atoms. The van der Waals surface area contributed by atoms with E-state index in [1.165, 1.54) is 16.0 Å². The summed E-state index contributed by atoms with van der Waals surface area (Å²) in [7, 11) is 0. The molecule has 1 heteroatoms. The Morgan fingerprint density at radius 1 is 1.21 bits per heavy atom. The molecule has 0 aliphatic heterocycles. The third-order valence-electron chi connectivity index (χ3n) is 2.38. The van der Waals surface area contributed by atoms with Crippen molar-refractivity contribution in [2.75, 3.05) is 0 Å². The van der Waals surface area contributed by atoms with E-state index >= 15 is 0 Å². The van der Waals surface area contributed by atoms with Crippen molar-refractivity contribution in [2.24, 2.45) is 0 Å². The van der Waals surface area contributed by atoms with Crippen LogP contribution < -0.4 is 10.4 Å². The average Bonchev–Trinajstić information content (AvgIpc) is 2.22. The molecule has 1 aromatic carbocycles. The van der Waals surface area contributed by atoms with E-state index in [1.807, 2.05) is 19.1 Å². The van der Waals surface area contributed by atoms with Crippen LogP contribution in [0.2, 0.25) is 0 Å². The minimum Gasteiger partial charge on any atom is -0.110 e. The van der Waals surface area contributed by atoms with E-state index in [-0.39, 0.29) is 4.87 Å². The third-order valence-corrected chi connectivity index (χ3v) is 2.61. The molecule has 0 amide bonds. The highest BCUT2D eigenvalue weighted by Gasteiger charge is 2.12. The van der Waals surface area contributed by atoms with Gasteiger partial charge in [-0.1, -0.05) is 48.1 Å². The average molecular weight is 205 g/mol. The van der Waals surface area contributed by atoms with Crippen LogP contribution in [0.15, 0.2) is 30.4 Å². The summed E-state index contributed by atoms with van der Waals surface area (Å²) in [4.78, 5) is -0.364. The van der Waals surface area contributed by atoms with Gasteiger partial charge in [-0.3, -0.25) is 0 Å². The second kappa shape index (κ2) is 3.29. The Balaban J connectivity index is 2.77. The van der Waals surface area contributed by atoms with E-state index < -0.39 is 0 Å². The van der Waals surface area contributed by atoms with Gasteiger partial charge in [-0.2, -0.15) is 0 Å². The number of allylic oxidation sites excluding steroid dienone is 2. The molecule has 1 aromatic rings. The largest absolute Gasteiger partial charge is 0.110 e. The van der Waals surface area contributed by atoms with Crippen molar-refractivity contribution in [1.82, 2.24) is 0 Å². The molecule has 0 saturated carbocycles. The van der Waals surface area contributed by atoms with Crippen molar-refractivity contribution in [3.63, 3.8) is 0 Å². The Kier molecular flexibility index (Phi) is 2.24. The first-order chi connectivity index (χ1) is 6.57. The van der Waals surface area contributed by atoms with E-state index in [2.05, 4.69) is 37.3 Å². The number of aryl methyl sites for hydroxylation is 1. The molecule has 0 fully saturated rings. The molecule has 1 aliphatic carbocycles. The van der Waals surface area contributed by atoms with Crippen LogP contribution in [0.5, 0.6) is 0 Å². The number of hydrogen-bond donors (Lipinski definition) is 0. The minimum atomic E-state index is -0.364. The second-order valence-corrected chi connectivity index (χ2v) is 4.77. The number of halogens is 1. The fraction of sp³-hybridized carbons (Fsp3) is 0.231. The summed E-state index contributed by atoms with van der Waals surface area (Å²) in [5, 5.41) is 2.45. The SMILES string of the molecule is Cc1ccc2c(c1)=CC=CC(C)(Cl)C=2. The number of rotatable bonds is 0. The van der Waals surface area contributed by atoms with Gasteiger partial charge in [0, 0.05) is 0 Å². The first-order valence-corrected chi connectivity index (χ1v) is 5.13. The highest BCUT2D eigenvalue weighted by Crippen LogP contribution is 2.18. The van der Waals surface area contributed by atoms with Gasteiger partial charge in [0.05, 0.1) is 4.87 Å². The summed E-state index contributed by atoms with van der Waals surface area (Å²) in [5.74, 6) is 0. The molecule has 0 radical (unpaired) electrons. The molecular weight excluding hydrogens is 192 g/mol. The maximum Gasteiger partial charge on any atom is 0.0790 e. The molecule has 72 valence electrons. The summed E-state index contributed by atoms with van der Waals surface area (Å²) in [5.41, 5.74) is 1.28. The summed E-state index contributed by atoms with van der Waals surface area (Å²) in [6.45, 7) is 4.09. The van der Waals surface area contributed by atoms with Gasteiger partial charge in [-0.05, 0) is 24.3 Å². The Hall–Kier alpha value is -1.01. The standard InChI is InChI=1S/C13H13Cl/c1-10-5-6-12-9-13(2,14)7-3-4-11(12)8-10/h3-9H,1-2H3. The molecule has 1 atom stereocenters. The van der Waals surface area contributed by atoms with Crippen molar-refractivity contribution in [1.29, 1.82) is 0 Å². The molecule has 2 rings (SSSR count). The first kappa shape index (κ1) is 9.54. The van der Waals surface area contributed by atoms with Gasteiger partial charge in [-0.25, -0.2) is 0 Å². The lowest BCUT2D eigenvalue weighted by Gasteiger charge is -2.09. The van der Waals surface area contributed by atoms with Crippen LogP contribution in [-0.2, 0) is 0 Å². The van der Waals surface area contributed by atoms with Crippen LogP contribution in [0, 0.1) is 6.92 Å². The first-order valence-electron chi connectivity index (χ1n) is 4.75. The Morgan fingerprint density at radius 3 is 2.79 bits per heavy atom. The summed E-state index contributed by atoms with van der Waals surface area (Å²) < 4.78 is 0. The number of benzene rings is 1. The van der Waals surface area contributed by atoms with E-state index in [0.29, 0.717) is 0 Å². The van der Waals surface area contributed by atoms with Gasteiger partial charge >= 0.3 is 0 Å². The van der Waals surface area contributed by atoms with Gasteiger partial charge in [0.25, 0.3) is 0 Å². The van der Waals surface area contributed by atoms with Crippen LogP contribution in [0.3, 0.4) is 0 Å². The molecule has 0 bridgehead atoms. The van der Waals surface area contributed by atoms with Crippen LogP contribution in [0.4, 0.5) is 0 Å². The zero-order valence-corrected chi connectivity index (χ0v) is 9.18. The van der Waals surface area contributed by atoms with E-state index in [0.717, 1.165) is 0 Å². The minimum absolute atomic E-state index is 0.364.